The van der Waals surface area contributed by atoms with Gasteiger partial charge < -0.3 is 24.8 Å². The van der Waals surface area contributed by atoms with Crippen LogP contribution in [0.1, 0.15) is 23.2 Å². The highest BCUT2D eigenvalue weighted by Crippen LogP contribution is 2.32. The Morgan fingerprint density at radius 1 is 1.36 bits per heavy atom. The van der Waals surface area contributed by atoms with Crippen molar-refractivity contribution < 1.29 is 29.1 Å². The Morgan fingerprint density at radius 3 is 2.60 bits per heavy atom. The average Bonchev–Trinajstić information content (AvgIpc) is 3.01. The molecule has 25 heavy (non-hydrogen) atoms. The lowest BCUT2D eigenvalue weighted by Gasteiger charge is -2.17. The predicted octanol–water partition coefficient (Wildman–Crippen LogP) is 2.13. The lowest BCUT2D eigenvalue weighted by molar-refractivity contribution is -0.155. The van der Waals surface area contributed by atoms with Crippen LogP contribution in [-0.4, -0.2) is 39.4 Å². The van der Waals surface area contributed by atoms with E-state index in [0.29, 0.717) is 10.0 Å². The number of ether oxygens (including phenoxy) is 1. The minimum Gasteiger partial charge on any atom is -0.482 e. The number of hydrogen-bond donors (Lipinski definition) is 3. The SMILES string of the molecule is CC(O)(CNC(=O)c1cc(COc2c(Cl)cccc2Cl)on1)C(=O)O. The van der Waals surface area contributed by atoms with Crippen LogP contribution < -0.4 is 10.1 Å². The van der Waals surface area contributed by atoms with Crippen molar-refractivity contribution >= 4 is 35.1 Å². The fourth-order valence-corrected chi connectivity index (χ4v) is 2.18. The van der Waals surface area contributed by atoms with Gasteiger partial charge in [-0.3, -0.25) is 4.79 Å². The summed E-state index contributed by atoms with van der Waals surface area (Å²) in [5.41, 5.74) is -2.18. The van der Waals surface area contributed by atoms with Gasteiger partial charge in [0.25, 0.3) is 5.91 Å². The molecule has 0 fully saturated rings. The molecule has 8 nitrogen and oxygen atoms in total. The van der Waals surface area contributed by atoms with Crippen molar-refractivity contribution in [3.63, 3.8) is 0 Å². The summed E-state index contributed by atoms with van der Waals surface area (Å²) in [7, 11) is 0. The summed E-state index contributed by atoms with van der Waals surface area (Å²) < 4.78 is 10.4. The van der Waals surface area contributed by atoms with Crippen LogP contribution in [0.25, 0.3) is 0 Å². The molecule has 134 valence electrons. The van der Waals surface area contributed by atoms with Crippen molar-refractivity contribution in [3.05, 3.63) is 45.8 Å². The Balaban J connectivity index is 1.96. The van der Waals surface area contributed by atoms with Gasteiger partial charge in [-0.15, -0.1) is 0 Å². The number of rotatable bonds is 7. The first-order valence-corrected chi connectivity index (χ1v) is 7.72. The molecule has 0 bridgehead atoms. The monoisotopic (exact) mass is 388 g/mol. The molecule has 1 aromatic carbocycles. The van der Waals surface area contributed by atoms with Gasteiger partial charge in [0.2, 0.25) is 0 Å². The number of aliphatic hydroxyl groups is 1. The lowest BCUT2D eigenvalue weighted by Crippen LogP contribution is -2.46. The molecule has 10 heteroatoms. The highest BCUT2D eigenvalue weighted by molar-refractivity contribution is 6.37. The second-order valence-electron chi connectivity index (χ2n) is 5.28. The zero-order valence-corrected chi connectivity index (χ0v) is 14.5. The van der Waals surface area contributed by atoms with Gasteiger partial charge in [-0.05, 0) is 19.1 Å². The number of aliphatic carboxylic acids is 1. The van der Waals surface area contributed by atoms with E-state index in [9.17, 15) is 14.7 Å². The number of nitrogens with zero attached hydrogens (tertiary/aromatic N) is 1. The molecule has 1 aromatic heterocycles. The molecule has 1 unspecified atom stereocenters. The van der Waals surface area contributed by atoms with Gasteiger partial charge in [0.05, 0.1) is 16.6 Å². The van der Waals surface area contributed by atoms with Gasteiger partial charge in [-0.25, -0.2) is 4.79 Å². The van der Waals surface area contributed by atoms with Gasteiger partial charge in [-0.1, -0.05) is 34.4 Å². The average molecular weight is 389 g/mol. The number of carboxylic acid groups (broad SMARTS) is 1. The fraction of sp³-hybridized carbons (Fsp3) is 0.267. The molecule has 0 saturated carbocycles. The van der Waals surface area contributed by atoms with Crippen LogP contribution in [0.5, 0.6) is 5.75 Å². The van der Waals surface area contributed by atoms with Crippen LogP contribution >= 0.6 is 23.2 Å². The van der Waals surface area contributed by atoms with Gasteiger partial charge in [0, 0.05) is 6.07 Å². The molecule has 2 rings (SSSR count). The second-order valence-corrected chi connectivity index (χ2v) is 6.09. The van der Waals surface area contributed by atoms with E-state index < -0.39 is 24.0 Å². The maximum atomic E-state index is 11.9. The molecular formula is C15H14Cl2N2O6. The summed E-state index contributed by atoms with van der Waals surface area (Å²) in [4.78, 5) is 22.7. The van der Waals surface area contributed by atoms with Crippen LogP contribution in [0, 0.1) is 0 Å². The number of nitrogens with one attached hydrogen (secondary N) is 1. The molecule has 1 amide bonds. The first-order valence-electron chi connectivity index (χ1n) is 6.97. The largest absolute Gasteiger partial charge is 0.482 e. The van der Waals surface area contributed by atoms with E-state index in [1.807, 2.05) is 0 Å². The zero-order chi connectivity index (χ0) is 18.6. The van der Waals surface area contributed by atoms with Crippen molar-refractivity contribution in [2.24, 2.45) is 0 Å². The van der Waals surface area contributed by atoms with Crippen molar-refractivity contribution in [1.82, 2.24) is 10.5 Å². The summed E-state index contributed by atoms with van der Waals surface area (Å²) in [5, 5.41) is 24.8. The minimum absolute atomic E-state index is 0.0728. The van der Waals surface area contributed by atoms with Gasteiger partial charge >= 0.3 is 5.97 Å². The molecule has 1 atom stereocenters. The smallest absolute Gasteiger partial charge is 0.337 e. The van der Waals surface area contributed by atoms with Crippen LogP contribution in [-0.2, 0) is 11.4 Å². The Kier molecular flexibility index (Phi) is 5.89. The van der Waals surface area contributed by atoms with Crippen LogP contribution in [0.3, 0.4) is 0 Å². The number of carbonyl (C=O) groups is 2. The third-order valence-electron chi connectivity index (χ3n) is 3.12. The summed E-state index contributed by atoms with van der Waals surface area (Å²) in [6, 6.07) is 6.20. The molecular weight excluding hydrogens is 375 g/mol. The first-order chi connectivity index (χ1) is 11.7. The molecule has 0 aliphatic carbocycles. The van der Waals surface area contributed by atoms with Crippen LogP contribution in [0.4, 0.5) is 0 Å². The van der Waals surface area contributed by atoms with Gasteiger partial charge in [0.1, 0.15) is 6.61 Å². The molecule has 1 heterocycles. The second kappa shape index (κ2) is 7.73. The van der Waals surface area contributed by atoms with Gasteiger partial charge in [0.15, 0.2) is 22.8 Å². The van der Waals surface area contributed by atoms with E-state index >= 15 is 0 Å². The molecule has 0 aliphatic rings. The number of benzene rings is 1. The third-order valence-corrected chi connectivity index (χ3v) is 3.72. The van der Waals surface area contributed by atoms with Crippen molar-refractivity contribution in [1.29, 1.82) is 0 Å². The number of hydrogen-bond acceptors (Lipinski definition) is 6. The normalized spacial score (nSPS) is 13.1. The zero-order valence-electron chi connectivity index (χ0n) is 13.0. The van der Waals surface area contributed by atoms with E-state index in [4.69, 9.17) is 37.6 Å². The molecule has 0 spiro atoms. The summed E-state index contributed by atoms with van der Waals surface area (Å²) in [6.45, 7) is 0.497. The molecule has 0 aliphatic heterocycles. The fourth-order valence-electron chi connectivity index (χ4n) is 1.67. The number of amides is 1. The van der Waals surface area contributed by atoms with E-state index in [1.165, 1.54) is 6.07 Å². The van der Waals surface area contributed by atoms with E-state index in [0.717, 1.165) is 6.92 Å². The molecule has 3 N–H and O–H groups in total. The number of para-hydroxylation sites is 1. The maximum absolute atomic E-state index is 11.9. The molecule has 0 saturated heterocycles. The predicted molar refractivity (Wildman–Crippen MR) is 87.9 cm³/mol. The van der Waals surface area contributed by atoms with Crippen molar-refractivity contribution in [2.75, 3.05) is 6.54 Å². The Bertz CT molecular complexity index is 770. The lowest BCUT2D eigenvalue weighted by atomic mass is 10.1. The molecule has 2 aromatic rings. The first kappa shape index (κ1) is 19.0. The Labute approximate surface area is 152 Å². The highest BCUT2D eigenvalue weighted by atomic mass is 35.5. The standard InChI is InChI=1S/C15H14Cl2N2O6/c1-15(23,14(21)22)7-18-13(20)11-5-8(25-19-11)6-24-12-9(16)3-2-4-10(12)17/h2-5,23H,6-7H2,1H3,(H,18,20)(H,21,22). The van der Waals surface area contributed by atoms with Crippen molar-refractivity contribution in [3.8, 4) is 5.75 Å². The summed E-state index contributed by atoms with van der Waals surface area (Å²) in [5.74, 6) is -1.66. The van der Waals surface area contributed by atoms with Crippen LogP contribution in [0.15, 0.2) is 28.8 Å². The number of carboxylic acids is 1. The molecule has 0 radical (unpaired) electrons. The summed E-state index contributed by atoms with van der Waals surface area (Å²) >= 11 is 11.9. The number of carbonyl (C=O) groups excluding carboxylic acids is 1. The van der Waals surface area contributed by atoms with Gasteiger partial charge in [-0.2, -0.15) is 0 Å². The number of aromatic nitrogens is 1. The summed E-state index contributed by atoms with van der Waals surface area (Å²) in [6.07, 6.45) is 0. The third kappa shape index (κ3) is 4.85. The number of halogens is 2. The van der Waals surface area contributed by atoms with Crippen molar-refractivity contribution in [2.45, 2.75) is 19.1 Å². The maximum Gasteiger partial charge on any atom is 0.337 e. The quantitative estimate of drug-likeness (QED) is 0.663. The Morgan fingerprint density at radius 2 is 2.00 bits per heavy atom. The van der Waals surface area contributed by atoms with Crippen LogP contribution in [0.2, 0.25) is 10.0 Å². The van der Waals surface area contributed by atoms with E-state index in [-0.39, 0.29) is 23.8 Å². The van der Waals surface area contributed by atoms with E-state index in [1.54, 1.807) is 18.2 Å². The topological polar surface area (TPSA) is 122 Å². The highest BCUT2D eigenvalue weighted by Gasteiger charge is 2.30. The minimum atomic E-state index is -2.09. The Hall–Kier alpha value is -2.29. The van der Waals surface area contributed by atoms with E-state index in [2.05, 4.69) is 10.5 Å².